The lowest BCUT2D eigenvalue weighted by atomic mass is 10.1. The van der Waals surface area contributed by atoms with Crippen LogP contribution in [-0.2, 0) is 52.0 Å². The quantitative estimate of drug-likeness (QED) is 0.0718. The van der Waals surface area contributed by atoms with Gasteiger partial charge in [-0.25, -0.2) is 0 Å². The van der Waals surface area contributed by atoms with Crippen LogP contribution >= 0.6 is 0 Å². The number of hydrogen-bond acceptors (Lipinski definition) is 10. The lowest BCUT2D eigenvalue weighted by Crippen LogP contribution is -2.54. The molecule has 12 nitrogen and oxygen atoms in total. The van der Waals surface area contributed by atoms with Gasteiger partial charge in [-0.15, -0.1) is 0 Å². The zero-order valence-corrected chi connectivity index (χ0v) is 39.4. The fourth-order valence-electron chi connectivity index (χ4n) is 7.56. The van der Waals surface area contributed by atoms with E-state index in [4.69, 9.17) is 37.9 Å². The maximum atomic E-state index is 14.3. The molecule has 0 radical (unpaired) electrons. The number of hydrogen-bond donors (Lipinski definition) is 2. The first kappa shape index (κ1) is 49.0. The highest BCUT2D eigenvalue weighted by atomic mass is 16.8. The van der Waals surface area contributed by atoms with Crippen molar-refractivity contribution < 1.29 is 47.5 Å². The third-order valence-electron chi connectivity index (χ3n) is 11.2. The van der Waals surface area contributed by atoms with Crippen molar-refractivity contribution >= 4 is 11.8 Å². The molecule has 7 aromatic carbocycles. The lowest BCUT2D eigenvalue weighted by Gasteiger charge is -2.40. The van der Waals surface area contributed by atoms with Crippen LogP contribution in [0.1, 0.15) is 62.4 Å². The summed E-state index contributed by atoms with van der Waals surface area (Å²) in [5.74, 6) is -0.118. The second-order valence-corrected chi connectivity index (χ2v) is 17.2. The molecule has 360 valence electrons. The average molecular weight is 943 g/mol. The van der Waals surface area contributed by atoms with Gasteiger partial charge in [-0.3, -0.25) is 9.59 Å². The van der Waals surface area contributed by atoms with E-state index in [1.165, 1.54) is 0 Å². The summed E-state index contributed by atoms with van der Waals surface area (Å²) >= 11 is 0. The van der Waals surface area contributed by atoms with Gasteiger partial charge in [-0.05, 0) is 65.9 Å². The molecule has 1 fully saturated rings. The van der Waals surface area contributed by atoms with Gasteiger partial charge in [0.2, 0.25) is 0 Å². The van der Waals surface area contributed by atoms with Crippen LogP contribution in [0.5, 0.6) is 23.0 Å². The maximum absolute atomic E-state index is 14.3. The van der Waals surface area contributed by atoms with Crippen molar-refractivity contribution in [1.29, 1.82) is 0 Å². The highest BCUT2D eigenvalue weighted by Gasteiger charge is 2.37. The number of benzene rings is 7. The Morgan fingerprint density at radius 1 is 0.471 bits per heavy atom. The fourth-order valence-corrected chi connectivity index (χ4v) is 7.56. The zero-order chi connectivity index (χ0) is 48.4. The molecule has 2 N–H and O–H groups in total. The van der Waals surface area contributed by atoms with Crippen LogP contribution in [-0.4, -0.2) is 55.8 Å². The number of carbonyl (C=O) groups excluding carboxylic acids is 2. The highest BCUT2D eigenvalue weighted by Crippen LogP contribution is 2.28. The van der Waals surface area contributed by atoms with Gasteiger partial charge in [0.15, 0.2) is 12.1 Å². The Kier molecular flexibility index (Phi) is 17.3. The standard InChI is InChI=1S/C58H58N2O10/c1-58(2)68-41-55(67-40-46-26-16-7-17-27-46)69-53(34-59-56(61)47-28-49(63-36-42-18-8-3-9-19-42)32-50(29-47)64-37-43-20-10-4-11-21-43)54(70-58)35-60-57(62)48-30-51(65-38-44-22-12-5-13-23-44)33-52(31-48)66-39-45-24-14-6-15-25-45/h3-33,53-55H,34-41H2,1-2H3,(H,59,61)(H,60,62)/t53-,54+,55-/m1/s1. The molecule has 2 amide bonds. The first-order valence-corrected chi connectivity index (χ1v) is 23.4. The average Bonchev–Trinajstić information content (AvgIpc) is 3.40. The largest absolute Gasteiger partial charge is 0.489 e. The highest BCUT2D eigenvalue weighted by molar-refractivity contribution is 5.95. The Morgan fingerprint density at radius 3 is 1.16 bits per heavy atom. The number of amides is 2. The fraction of sp³-hybridized carbons (Fsp3) is 0.241. The minimum Gasteiger partial charge on any atom is -0.489 e. The van der Waals surface area contributed by atoms with E-state index in [2.05, 4.69) is 10.6 Å². The molecule has 8 rings (SSSR count). The van der Waals surface area contributed by atoms with Gasteiger partial charge < -0.3 is 48.5 Å². The third-order valence-corrected chi connectivity index (χ3v) is 11.2. The van der Waals surface area contributed by atoms with E-state index in [1.807, 2.05) is 152 Å². The summed E-state index contributed by atoms with van der Waals surface area (Å²) in [6.45, 7) is 4.96. The number of rotatable bonds is 21. The molecular weight excluding hydrogens is 885 g/mol. The maximum Gasteiger partial charge on any atom is 0.251 e. The van der Waals surface area contributed by atoms with Gasteiger partial charge in [0.1, 0.15) is 68.2 Å². The molecule has 0 bridgehead atoms. The minimum absolute atomic E-state index is 0.0315. The first-order chi connectivity index (χ1) is 34.2. The summed E-state index contributed by atoms with van der Waals surface area (Å²) < 4.78 is 50.5. The molecule has 70 heavy (non-hydrogen) atoms. The monoisotopic (exact) mass is 942 g/mol. The molecule has 12 heteroatoms. The van der Waals surface area contributed by atoms with Crippen LogP contribution in [0.2, 0.25) is 0 Å². The Balaban J connectivity index is 1.02. The summed E-state index contributed by atoms with van der Waals surface area (Å²) in [6, 6.07) is 59.1. The van der Waals surface area contributed by atoms with Crippen molar-refractivity contribution in [2.75, 3.05) is 19.7 Å². The molecule has 1 heterocycles. The summed E-state index contributed by atoms with van der Waals surface area (Å²) in [5.41, 5.74) is 5.45. The molecule has 7 aromatic rings. The van der Waals surface area contributed by atoms with Gasteiger partial charge in [0.05, 0.1) is 6.61 Å². The second-order valence-electron chi connectivity index (χ2n) is 17.2. The van der Waals surface area contributed by atoms with E-state index in [0.29, 0.717) is 60.6 Å². The Bertz CT molecular complexity index is 2580. The van der Waals surface area contributed by atoms with E-state index in [9.17, 15) is 9.59 Å². The van der Waals surface area contributed by atoms with Crippen molar-refractivity contribution in [3.63, 3.8) is 0 Å². The van der Waals surface area contributed by atoms with Gasteiger partial charge in [-0.2, -0.15) is 0 Å². The smallest absolute Gasteiger partial charge is 0.251 e. The molecule has 1 aliphatic heterocycles. The van der Waals surface area contributed by atoms with Crippen molar-refractivity contribution in [2.45, 2.75) is 71.2 Å². The molecule has 0 saturated carbocycles. The molecule has 0 spiro atoms. The summed E-state index contributed by atoms with van der Waals surface area (Å²) in [4.78, 5) is 28.5. The van der Waals surface area contributed by atoms with Crippen molar-refractivity contribution in [1.82, 2.24) is 10.6 Å². The Hall–Kier alpha value is -7.48. The summed E-state index contributed by atoms with van der Waals surface area (Å²) in [6.07, 6.45) is -2.55. The normalized spacial score (nSPS) is 16.5. The number of carbonyl (C=O) groups is 2. The molecule has 0 aromatic heterocycles. The third kappa shape index (κ3) is 15.3. The van der Waals surface area contributed by atoms with E-state index < -0.39 is 36.1 Å². The molecule has 0 unspecified atom stereocenters. The Morgan fingerprint density at radius 2 is 0.800 bits per heavy atom. The van der Waals surface area contributed by atoms with Crippen molar-refractivity contribution in [3.05, 3.63) is 227 Å². The van der Waals surface area contributed by atoms with Gasteiger partial charge in [-0.1, -0.05) is 152 Å². The van der Waals surface area contributed by atoms with Crippen LogP contribution in [0.25, 0.3) is 0 Å². The van der Waals surface area contributed by atoms with Crippen LogP contribution in [0, 0.1) is 0 Å². The van der Waals surface area contributed by atoms with Crippen LogP contribution in [0.15, 0.2) is 188 Å². The lowest BCUT2D eigenvalue weighted by molar-refractivity contribution is -0.325. The predicted octanol–water partition coefficient (Wildman–Crippen LogP) is 10.2. The van der Waals surface area contributed by atoms with E-state index in [-0.39, 0.29) is 26.3 Å². The molecular formula is C58H58N2O10. The SMILES string of the molecule is CC1(C)OC[C@H](OCc2ccccc2)O[C@H](CNC(=O)c2cc(OCc3ccccc3)cc(OCc3ccccc3)c2)[C@H](CNC(=O)c2cc(OCc3ccccc3)cc(OCc3ccccc3)c2)O1. The minimum atomic E-state index is -1.14. The van der Waals surface area contributed by atoms with E-state index in [0.717, 1.165) is 27.8 Å². The van der Waals surface area contributed by atoms with Gasteiger partial charge in [0.25, 0.3) is 11.8 Å². The van der Waals surface area contributed by atoms with Gasteiger partial charge in [0, 0.05) is 36.3 Å². The molecule has 1 aliphatic rings. The summed E-state index contributed by atoms with van der Waals surface area (Å²) in [7, 11) is 0. The van der Waals surface area contributed by atoms with Crippen molar-refractivity contribution in [3.8, 4) is 23.0 Å². The topological polar surface area (TPSA) is 132 Å². The van der Waals surface area contributed by atoms with Gasteiger partial charge >= 0.3 is 0 Å². The van der Waals surface area contributed by atoms with Crippen LogP contribution in [0.3, 0.4) is 0 Å². The summed E-state index contributed by atoms with van der Waals surface area (Å²) in [5, 5.41) is 6.11. The Labute approximate surface area is 409 Å². The molecule has 3 atom stereocenters. The van der Waals surface area contributed by atoms with Crippen molar-refractivity contribution in [2.24, 2.45) is 0 Å². The zero-order valence-electron chi connectivity index (χ0n) is 39.4. The molecule has 1 saturated heterocycles. The van der Waals surface area contributed by atoms with Crippen LogP contribution < -0.4 is 29.6 Å². The van der Waals surface area contributed by atoms with Crippen LogP contribution in [0.4, 0.5) is 0 Å². The number of nitrogens with one attached hydrogen (secondary N) is 2. The predicted molar refractivity (Wildman–Crippen MR) is 265 cm³/mol. The first-order valence-electron chi connectivity index (χ1n) is 23.4. The molecule has 0 aliphatic carbocycles. The second kappa shape index (κ2) is 24.7. The van der Waals surface area contributed by atoms with E-state index in [1.54, 1.807) is 50.2 Å². The number of ether oxygens (including phenoxy) is 8. The van der Waals surface area contributed by atoms with E-state index >= 15 is 0 Å².